The van der Waals surface area contributed by atoms with Gasteiger partial charge in [0, 0.05) is 39.5 Å². The maximum atomic E-state index is 12.2. The Kier molecular flexibility index (Phi) is 3.42. The Balaban J connectivity index is 2.07. The fourth-order valence-corrected chi connectivity index (χ4v) is 2.41. The number of rotatable bonds is 1. The van der Waals surface area contributed by atoms with Gasteiger partial charge in [-0.15, -0.1) is 0 Å². The van der Waals surface area contributed by atoms with Gasteiger partial charge in [-0.3, -0.25) is 19.3 Å². The molecule has 94 valence electrons. The van der Waals surface area contributed by atoms with Gasteiger partial charge in [0.05, 0.1) is 0 Å². The standard InChI is InChI=1S/C11H17N3O3/c1-8(15)14-9(2-3-10(14)16)11(17)13-6-4-12-5-7-13/h9,12H,2-7H2,1H3. The van der Waals surface area contributed by atoms with E-state index in [1.54, 1.807) is 4.90 Å². The highest BCUT2D eigenvalue weighted by atomic mass is 16.2. The molecule has 3 amide bonds. The van der Waals surface area contributed by atoms with Crippen LogP contribution in [0.4, 0.5) is 0 Å². The van der Waals surface area contributed by atoms with Gasteiger partial charge >= 0.3 is 0 Å². The Morgan fingerprint density at radius 3 is 2.53 bits per heavy atom. The fourth-order valence-electron chi connectivity index (χ4n) is 2.41. The van der Waals surface area contributed by atoms with Crippen LogP contribution in [0.5, 0.6) is 0 Å². The smallest absolute Gasteiger partial charge is 0.245 e. The van der Waals surface area contributed by atoms with Crippen molar-refractivity contribution in [1.82, 2.24) is 15.1 Å². The molecule has 1 unspecified atom stereocenters. The fraction of sp³-hybridized carbons (Fsp3) is 0.727. The molecule has 0 aliphatic carbocycles. The summed E-state index contributed by atoms with van der Waals surface area (Å²) in [5.41, 5.74) is 0. The van der Waals surface area contributed by atoms with E-state index >= 15 is 0 Å². The summed E-state index contributed by atoms with van der Waals surface area (Å²) in [5, 5.41) is 3.16. The lowest BCUT2D eigenvalue weighted by Crippen LogP contribution is -2.53. The first-order valence-electron chi connectivity index (χ1n) is 5.93. The van der Waals surface area contributed by atoms with Gasteiger partial charge in [-0.1, -0.05) is 0 Å². The molecule has 0 aromatic rings. The van der Waals surface area contributed by atoms with Crippen LogP contribution in [-0.2, 0) is 14.4 Å². The molecule has 2 aliphatic heterocycles. The molecule has 0 bridgehead atoms. The molecule has 1 N–H and O–H groups in total. The van der Waals surface area contributed by atoms with Crippen LogP contribution in [0.2, 0.25) is 0 Å². The van der Waals surface area contributed by atoms with Crippen molar-refractivity contribution in [2.45, 2.75) is 25.8 Å². The third kappa shape index (κ3) is 2.31. The molecule has 2 saturated heterocycles. The van der Waals surface area contributed by atoms with Crippen molar-refractivity contribution in [1.29, 1.82) is 0 Å². The summed E-state index contributed by atoms with van der Waals surface area (Å²) >= 11 is 0. The van der Waals surface area contributed by atoms with Crippen LogP contribution in [-0.4, -0.2) is 59.7 Å². The van der Waals surface area contributed by atoms with E-state index in [2.05, 4.69) is 5.32 Å². The summed E-state index contributed by atoms with van der Waals surface area (Å²) in [5.74, 6) is -0.653. The predicted molar refractivity (Wildman–Crippen MR) is 60.0 cm³/mol. The molecule has 6 nitrogen and oxygen atoms in total. The monoisotopic (exact) mass is 239 g/mol. The van der Waals surface area contributed by atoms with Crippen LogP contribution in [0.3, 0.4) is 0 Å². The molecule has 17 heavy (non-hydrogen) atoms. The lowest BCUT2D eigenvalue weighted by Gasteiger charge is -2.31. The Hall–Kier alpha value is -1.43. The minimum absolute atomic E-state index is 0.0902. The highest BCUT2D eigenvalue weighted by molar-refractivity contribution is 6.02. The second-order valence-electron chi connectivity index (χ2n) is 4.41. The van der Waals surface area contributed by atoms with Gasteiger partial charge in [-0.2, -0.15) is 0 Å². The number of hydrogen-bond donors (Lipinski definition) is 1. The Labute approximate surface area is 99.9 Å². The molecular weight excluding hydrogens is 222 g/mol. The third-order valence-electron chi connectivity index (χ3n) is 3.26. The highest BCUT2D eigenvalue weighted by Gasteiger charge is 2.40. The minimum Gasteiger partial charge on any atom is -0.338 e. The van der Waals surface area contributed by atoms with E-state index in [1.807, 2.05) is 0 Å². The van der Waals surface area contributed by atoms with E-state index in [0.717, 1.165) is 18.0 Å². The zero-order valence-electron chi connectivity index (χ0n) is 9.94. The van der Waals surface area contributed by atoms with Gasteiger partial charge in [0.1, 0.15) is 6.04 Å². The lowest BCUT2D eigenvalue weighted by molar-refractivity contribution is -0.150. The van der Waals surface area contributed by atoms with Crippen molar-refractivity contribution >= 4 is 17.7 Å². The van der Waals surface area contributed by atoms with Crippen LogP contribution in [0.1, 0.15) is 19.8 Å². The second-order valence-corrected chi connectivity index (χ2v) is 4.41. The summed E-state index contributed by atoms with van der Waals surface area (Å²) in [7, 11) is 0. The van der Waals surface area contributed by atoms with Gasteiger partial charge in [0.2, 0.25) is 17.7 Å². The van der Waals surface area contributed by atoms with Gasteiger partial charge in [0.25, 0.3) is 0 Å². The molecule has 2 aliphatic rings. The van der Waals surface area contributed by atoms with Crippen LogP contribution >= 0.6 is 0 Å². The molecule has 0 radical (unpaired) electrons. The van der Waals surface area contributed by atoms with Gasteiger partial charge in [-0.05, 0) is 6.42 Å². The summed E-state index contributed by atoms with van der Waals surface area (Å²) in [6.45, 7) is 4.17. The maximum Gasteiger partial charge on any atom is 0.245 e. The van der Waals surface area contributed by atoms with Crippen molar-refractivity contribution in [2.75, 3.05) is 26.2 Å². The molecule has 2 heterocycles. The number of imide groups is 1. The Morgan fingerprint density at radius 1 is 1.29 bits per heavy atom. The van der Waals surface area contributed by atoms with Crippen molar-refractivity contribution in [3.63, 3.8) is 0 Å². The average Bonchev–Trinajstić information content (AvgIpc) is 2.71. The lowest BCUT2D eigenvalue weighted by atomic mass is 10.1. The van der Waals surface area contributed by atoms with Crippen molar-refractivity contribution in [2.24, 2.45) is 0 Å². The number of nitrogens with one attached hydrogen (secondary N) is 1. The van der Waals surface area contributed by atoms with Crippen LogP contribution < -0.4 is 5.32 Å². The third-order valence-corrected chi connectivity index (χ3v) is 3.26. The van der Waals surface area contributed by atoms with E-state index < -0.39 is 6.04 Å². The number of carbonyl (C=O) groups is 3. The quantitative estimate of drug-likeness (QED) is 0.634. The SMILES string of the molecule is CC(=O)N1C(=O)CCC1C(=O)N1CCNCC1. The Bertz CT molecular complexity index is 350. The first-order chi connectivity index (χ1) is 8.11. The second kappa shape index (κ2) is 4.83. The van der Waals surface area contributed by atoms with Crippen molar-refractivity contribution < 1.29 is 14.4 Å². The van der Waals surface area contributed by atoms with Crippen LogP contribution in [0.25, 0.3) is 0 Å². The van der Waals surface area contributed by atoms with Gasteiger partial charge in [0.15, 0.2) is 0 Å². The molecule has 0 spiro atoms. The zero-order valence-corrected chi connectivity index (χ0v) is 9.94. The van der Waals surface area contributed by atoms with Crippen LogP contribution in [0, 0.1) is 0 Å². The normalized spacial score (nSPS) is 25.2. The molecule has 6 heteroatoms. The molecular formula is C11H17N3O3. The number of carbonyl (C=O) groups excluding carboxylic acids is 3. The largest absolute Gasteiger partial charge is 0.338 e. The highest BCUT2D eigenvalue weighted by Crippen LogP contribution is 2.21. The first-order valence-corrected chi connectivity index (χ1v) is 5.93. The molecule has 1 atom stereocenters. The summed E-state index contributed by atoms with van der Waals surface area (Å²) in [6, 6.07) is -0.571. The molecule has 0 aromatic heterocycles. The van der Waals surface area contributed by atoms with E-state index in [4.69, 9.17) is 0 Å². The molecule has 0 aromatic carbocycles. The molecule has 2 fully saturated rings. The number of amides is 3. The van der Waals surface area contributed by atoms with Gasteiger partial charge in [-0.25, -0.2) is 0 Å². The predicted octanol–water partition coefficient (Wildman–Crippen LogP) is -1.04. The zero-order chi connectivity index (χ0) is 12.4. The van der Waals surface area contributed by atoms with Crippen LogP contribution in [0.15, 0.2) is 0 Å². The van der Waals surface area contributed by atoms with E-state index in [0.29, 0.717) is 25.9 Å². The average molecular weight is 239 g/mol. The van der Waals surface area contributed by atoms with Crippen molar-refractivity contribution in [3.8, 4) is 0 Å². The number of hydrogen-bond acceptors (Lipinski definition) is 4. The Morgan fingerprint density at radius 2 is 1.94 bits per heavy atom. The molecule has 2 rings (SSSR count). The van der Waals surface area contributed by atoms with E-state index in [9.17, 15) is 14.4 Å². The van der Waals surface area contributed by atoms with E-state index in [1.165, 1.54) is 6.92 Å². The van der Waals surface area contributed by atoms with Gasteiger partial charge < -0.3 is 10.2 Å². The minimum atomic E-state index is -0.571. The number of likely N-dealkylation sites (tertiary alicyclic amines) is 1. The summed E-state index contributed by atoms with van der Waals surface area (Å²) in [4.78, 5) is 38.0. The number of nitrogens with zero attached hydrogens (tertiary/aromatic N) is 2. The van der Waals surface area contributed by atoms with Crippen molar-refractivity contribution in [3.05, 3.63) is 0 Å². The molecule has 0 saturated carbocycles. The maximum absolute atomic E-state index is 12.2. The summed E-state index contributed by atoms with van der Waals surface area (Å²) < 4.78 is 0. The first kappa shape index (κ1) is 12.0. The summed E-state index contributed by atoms with van der Waals surface area (Å²) in [6.07, 6.45) is 0.753. The topological polar surface area (TPSA) is 69.7 Å². The van der Waals surface area contributed by atoms with E-state index in [-0.39, 0.29) is 17.7 Å². The number of piperazine rings is 1.